The molecule has 104 valence electrons. The maximum absolute atomic E-state index is 5.81. The molecule has 0 bridgehead atoms. The standard InChI is InChI=1S/C16H24N2O/c1-12-9-18(10-13(2)19-12)11-14-5-3-7-16-15(14)6-4-8-17-16/h3,5,7,12-13,17H,4,6,8-11H2,1-2H3. The molecular weight excluding hydrogens is 236 g/mol. The van der Waals surface area contributed by atoms with Gasteiger partial charge in [-0.25, -0.2) is 0 Å². The molecule has 0 aliphatic carbocycles. The first kappa shape index (κ1) is 12.9. The van der Waals surface area contributed by atoms with Gasteiger partial charge in [0.15, 0.2) is 0 Å². The number of fused-ring (bicyclic) bond motifs is 1. The molecule has 2 unspecified atom stereocenters. The smallest absolute Gasteiger partial charge is 0.0678 e. The average molecular weight is 260 g/mol. The van der Waals surface area contributed by atoms with Crippen LogP contribution in [0.2, 0.25) is 0 Å². The van der Waals surface area contributed by atoms with Gasteiger partial charge in [-0.15, -0.1) is 0 Å². The summed E-state index contributed by atoms with van der Waals surface area (Å²) in [5.41, 5.74) is 4.37. The highest BCUT2D eigenvalue weighted by Crippen LogP contribution is 2.27. The lowest BCUT2D eigenvalue weighted by Crippen LogP contribution is -2.45. The normalized spacial score (nSPS) is 27.7. The first-order valence-electron chi connectivity index (χ1n) is 7.45. The van der Waals surface area contributed by atoms with E-state index in [1.165, 1.54) is 29.7 Å². The first-order chi connectivity index (χ1) is 9.22. The van der Waals surface area contributed by atoms with Crippen molar-refractivity contribution >= 4 is 5.69 Å². The van der Waals surface area contributed by atoms with Crippen LogP contribution in [0, 0.1) is 0 Å². The van der Waals surface area contributed by atoms with E-state index in [9.17, 15) is 0 Å². The Hall–Kier alpha value is -1.06. The lowest BCUT2D eigenvalue weighted by Gasteiger charge is -2.36. The van der Waals surface area contributed by atoms with Crippen molar-refractivity contribution in [3.8, 4) is 0 Å². The summed E-state index contributed by atoms with van der Waals surface area (Å²) < 4.78 is 5.81. The minimum Gasteiger partial charge on any atom is -0.385 e. The maximum atomic E-state index is 5.81. The molecular formula is C16H24N2O. The predicted octanol–water partition coefficient (Wildman–Crippen LogP) is 2.65. The Kier molecular flexibility index (Phi) is 3.76. The molecule has 0 saturated carbocycles. The molecule has 0 amide bonds. The van der Waals surface area contributed by atoms with Crippen molar-refractivity contribution in [3.05, 3.63) is 29.3 Å². The maximum Gasteiger partial charge on any atom is 0.0678 e. The predicted molar refractivity (Wildman–Crippen MR) is 78.5 cm³/mol. The Morgan fingerprint density at radius 2 is 2.05 bits per heavy atom. The van der Waals surface area contributed by atoms with Crippen molar-refractivity contribution < 1.29 is 4.74 Å². The number of hydrogen-bond acceptors (Lipinski definition) is 3. The summed E-state index contributed by atoms with van der Waals surface area (Å²) in [5.74, 6) is 0. The molecule has 1 aromatic rings. The van der Waals surface area contributed by atoms with Crippen LogP contribution in [-0.2, 0) is 17.7 Å². The molecule has 1 aromatic carbocycles. The van der Waals surface area contributed by atoms with E-state index in [4.69, 9.17) is 4.74 Å². The Morgan fingerprint density at radius 3 is 2.84 bits per heavy atom. The second-order valence-corrected chi connectivity index (χ2v) is 5.92. The number of nitrogens with zero attached hydrogens (tertiary/aromatic N) is 1. The zero-order chi connectivity index (χ0) is 13.2. The molecule has 3 rings (SSSR count). The van der Waals surface area contributed by atoms with Crippen LogP contribution < -0.4 is 5.32 Å². The van der Waals surface area contributed by atoms with Crippen LogP contribution in [0.25, 0.3) is 0 Å². The van der Waals surface area contributed by atoms with Crippen molar-refractivity contribution in [3.63, 3.8) is 0 Å². The third kappa shape index (κ3) is 2.93. The Bertz CT molecular complexity index is 436. The third-order valence-corrected chi connectivity index (χ3v) is 4.08. The highest BCUT2D eigenvalue weighted by atomic mass is 16.5. The first-order valence-corrected chi connectivity index (χ1v) is 7.45. The Morgan fingerprint density at radius 1 is 1.26 bits per heavy atom. The van der Waals surface area contributed by atoms with Crippen LogP contribution in [-0.4, -0.2) is 36.7 Å². The van der Waals surface area contributed by atoms with Gasteiger partial charge in [0.1, 0.15) is 0 Å². The number of rotatable bonds is 2. The van der Waals surface area contributed by atoms with E-state index in [0.29, 0.717) is 12.2 Å². The van der Waals surface area contributed by atoms with Gasteiger partial charge in [0.25, 0.3) is 0 Å². The van der Waals surface area contributed by atoms with E-state index < -0.39 is 0 Å². The number of nitrogens with one attached hydrogen (secondary N) is 1. The summed E-state index contributed by atoms with van der Waals surface area (Å²) in [7, 11) is 0. The monoisotopic (exact) mass is 260 g/mol. The van der Waals surface area contributed by atoms with Crippen LogP contribution in [0.15, 0.2) is 18.2 Å². The van der Waals surface area contributed by atoms with Gasteiger partial charge in [0.05, 0.1) is 12.2 Å². The van der Waals surface area contributed by atoms with Crippen LogP contribution >= 0.6 is 0 Å². The fraction of sp³-hybridized carbons (Fsp3) is 0.625. The molecule has 3 nitrogen and oxygen atoms in total. The molecule has 1 fully saturated rings. The SMILES string of the molecule is CC1CN(Cc2cccc3c2CCCN3)CC(C)O1. The van der Waals surface area contributed by atoms with E-state index in [-0.39, 0.29) is 0 Å². The summed E-state index contributed by atoms with van der Waals surface area (Å²) >= 11 is 0. The van der Waals surface area contributed by atoms with Crippen LogP contribution in [0.5, 0.6) is 0 Å². The fourth-order valence-corrected chi connectivity index (χ4v) is 3.39. The van der Waals surface area contributed by atoms with Gasteiger partial charge in [0, 0.05) is 31.9 Å². The molecule has 0 radical (unpaired) electrons. The third-order valence-electron chi connectivity index (χ3n) is 4.08. The van der Waals surface area contributed by atoms with Crippen LogP contribution in [0.1, 0.15) is 31.4 Å². The molecule has 0 spiro atoms. The zero-order valence-electron chi connectivity index (χ0n) is 12.0. The van der Waals surface area contributed by atoms with Crippen molar-refractivity contribution in [1.82, 2.24) is 4.90 Å². The van der Waals surface area contributed by atoms with Crippen LogP contribution in [0.3, 0.4) is 0 Å². The molecule has 1 N–H and O–H groups in total. The molecule has 1 saturated heterocycles. The lowest BCUT2D eigenvalue weighted by atomic mass is 9.97. The number of anilines is 1. The molecule has 0 aromatic heterocycles. The highest BCUT2D eigenvalue weighted by molar-refractivity contribution is 5.56. The molecule has 2 aliphatic heterocycles. The molecule has 19 heavy (non-hydrogen) atoms. The van der Waals surface area contributed by atoms with Gasteiger partial charge in [0.2, 0.25) is 0 Å². The van der Waals surface area contributed by atoms with E-state index in [1.54, 1.807) is 0 Å². The lowest BCUT2D eigenvalue weighted by molar-refractivity contribution is -0.0705. The fourth-order valence-electron chi connectivity index (χ4n) is 3.39. The second-order valence-electron chi connectivity index (χ2n) is 5.92. The quantitative estimate of drug-likeness (QED) is 0.884. The summed E-state index contributed by atoms with van der Waals surface area (Å²) in [6, 6.07) is 6.68. The highest BCUT2D eigenvalue weighted by Gasteiger charge is 2.23. The molecule has 2 atom stereocenters. The summed E-state index contributed by atoms with van der Waals surface area (Å²) in [5, 5.41) is 3.51. The Balaban J connectivity index is 1.76. The Labute approximate surface area is 115 Å². The van der Waals surface area contributed by atoms with Gasteiger partial charge in [-0.2, -0.15) is 0 Å². The number of hydrogen-bond donors (Lipinski definition) is 1. The summed E-state index contributed by atoms with van der Waals surface area (Å²) in [4.78, 5) is 2.53. The topological polar surface area (TPSA) is 24.5 Å². The average Bonchev–Trinajstić information content (AvgIpc) is 2.38. The zero-order valence-corrected chi connectivity index (χ0v) is 12.0. The molecule has 2 heterocycles. The minimum absolute atomic E-state index is 0.349. The van der Waals surface area contributed by atoms with Crippen LogP contribution in [0.4, 0.5) is 5.69 Å². The second kappa shape index (κ2) is 5.51. The largest absolute Gasteiger partial charge is 0.385 e. The number of morpholine rings is 1. The number of ether oxygens (including phenoxy) is 1. The van der Waals surface area contributed by atoms with E-state index >= 15 is 0 Å². The molecule has 2 aliphatic rings. The van der Waals surface area contributed by atoms with Crippen molar-refractivity contribution in [2.24, 2.45) is 0 Å². The van der Waals surface area contributed by atoms with E-state index in [0.717, 1.165) is 26.2 Å². The minimum atomic E-state index is 0.349. The van der Waals surface area contributed by atoms with E-state index in [2.05, 4.69) is 42.3 Å². The van der Waals surface area contributed by atoms with Crippen molar-refractivity contribution in [2.45, 2.75) is 45.4 Å². The van der Waals surface area contributed by atoms with Gasteiger partial charge in [-0.05, 0) is 43.9 Å². The van der Waals surface area contributed by atoms with Gasteiger partial charge >= 0.3 is 0 Å². The van der Waals surface area contributed by atoms with Crippen molar-refractivity contribution in [2.75, 3.05) is 25.0 Å². The number of benzene rings is 1. The van der Waals surface area contributed by atoms with Gasteiger partial charge < -0.3 is 10.1 Å². The van der Waals surface area contributed by atoms with E-state index in [1.807, 2.05) is 0 Å². The van der Waals surface area contributed by atoms with Gasteiger partial charge in [-0.1, -0.05) is 12.1 Å². The molecule has 3 heteroatoms. The summed E-state index contributed by atoms with van der Waals surface area (Å²) in [6.45, 7) is 8.60. The summed E-state index contributed by atoms with van der Waals surface area (Å²) in [6.07, 6.45) is 3.16. The van der Waals surface area contributed by atoms with Gasteiger partial charge in [-0.3, -0.25) is 4.90 Å². The van der Waals surface area contributed by atoms with Crippen molar-refractivity contribution in [1.29, 1.82) is 0 Å².